The molecule has 0 saturated heterocycles. The third-order valence-corrected chi connectivity index (χ3v) is 3.79. The molecule has 0 spiro atoms. The molecule has 4 heteroatoms. The van der Waals surface area contributed by atoms with Gasteiger partial charge in [-0.05, 0) is 25.8 Å². The van der Waals surface area contributed by atoms with Gasteiger partial charge >= 0.3 is 0 Å². The predicted octanol–water partition coefficient (Wildman–Crippen LogP) is 2.04. The quantitative estimate of drug-likeness (QED) is 0.914. The first kappa shape index (κ1) is 12.4. The summed E-state index contributed by atoms with van der Waals surface area (Å²) in [5.74, 6) is 2.19. The molecule has 3 rings (SSSR count). The molecule has 1 aromatic carbocycles. The Balaban J connectivity index is 1.72. The van der Waals surface area contributed by atoms with Crippen LogP contribution in [0.2, 0.25) is 0 Å². The number of aryl methyl sites for hydroxylation is 3. The Kier molecular flexibility index (Phi) is 3.34. The maximum Gasteiger partial charge on any atom is 0.149 e. The highest BCUT2D eigenvalue weighted by molar-refractivity contribution is 5.22. The summed E-state index contributed by atoms with van der Waals surface area (Å²) in [7, 11) is 0. The minimum atomic E-state index is 0.314. The lowest BCUT2D eigenvalue weighted by molar-refractivity contribution is 0.429. The Morgan fingerprint density at radius 2 is 2.00 bits per heavy atom. The number of hydrogen-bond donors (Lipinski definition) is 1. The topological polar surface area (TPSA) is 42.7 Å². The Labute approximate surface area is 113 Å². The van der Waals surface area contributed by atoms with Gasteiger partial charge in [-0.2, -0.15) is 0 Å². The Morgan fingerprint density at radius 1 is 1.21 bits per heavy atom. The highest BCUT2D eigenvalue weighted by Gasteiger charge is 2.20. The molecule has 100 valence electrons. The van der Waals surface area contributed by atoms with Gasteiger partial charge in [0.25, 0.3) is 0 Å². The van der Waals surface area contributed by atoms with E-state index in [0.717, 1.165) is 37.6 Å². The van der Waals surface area contributed by atoms with Crippen LogP contribution in [0.3, 0.4) is 0 Å². The van der Waals surface area contributed by atoms with Crippen LogP contribution in [0.4, 0.5) is 0 Å². The monoisotopic (exact) mass is 256 g/mol. The zero-order chi connectivity index (χ0) is 13.2. The van der Waals surface area contributed by atoms with E-state index in [1.54, 1.807) is 0 Å². The van der Waals surface area contributed by atoms with Crippen molar-refractivity contribution in [3.05, 3.63) is 47.0 Å². The molecule has 1 N–H and O–H groups in total. The van der Waals surface area contributed by atoms with Crippen LogP contribution >= 0.6 is 0 Å². The van der Waals surface area contributed by atoms with Gasteiger partial charge in [-0.1, -0.05) is 29.8 Å². The molecule has 0 amide bonds. The van der Waals surface area contributed by atoms with Crippen molar-refractivity contribution in [3.8, 4) is 0 Å². The van der Waals surface area contributed by atoms with Crippen LogP contribution in [-0.2, 0) is 19.4 Å². The van der Waals surface area contributed by atoms with Crippen molar-refractivity contribution in [2.24, 2.45) is 0 Å². The molecule has 0 saturated carbocycles. The molecule has 0 fully saturated rings. The number of benzene rings is 1. The molecule has 19 heavy (non-hydrogen) atoms. The zero-order valence-electron chi connectivity index (χ0n) is 11.6. The first-order valence-corrected chi connectivity index (χ1v) is 6.95. The maximum absolute atomic E-state index is 4.35. The third-order valence-electron chi connectivity index (χ3n) is 3.79. The summed E-state index contributed by atoms with van der Waals surface area (Å²) in [6, 6.07) is 9.05. The van der Waals surface area contributed by atoms with Crippen molar-refractivity contribution in [2.45, 2.75) is 39.3 Å². The summed E-state index contributed by atoms with van der Waals surface area (Å²) in [6.45, 7) is 6.25. The van der Waals surface area contributed by atoms with Crippen LogP contribution in [0.5, 0.6) is 0 Å². The van der Waals surface area contributed by atoms with E-state index in [9.17, 15) is 0 Å². The minimum absolute atomic E-state index is 0.314. The lowest BCUT2D eigenvalue weighted by Gasteiger charge is -2.21. The van der Waals surface area contributed by atoms with Crippen molar-refractivity contribution in [1.82, 2.24) is 20.1 Å². The average Bonchev–Trinajstić information content (AvgIpc) is 2.83. The number of rotatable bonds is 3. The van der Waals surface area contributed by atoms with Gasteiger partial charge in [-0.25, -0.2) is 0 Å². The van der Waals surface area contributed by atoms with Crippen LogP contribution in [-0.4, -0.2) is 21.3 Å². The van der Waals surface area contributed by atoms with Crippen molar-refractivity contribution >= 4 is 0 Å². The molecular formula is C15H20N4. The van der Waals surface area contributed by atoms with Crippen molar-refractivity contribution in [1.29, 1.82) is 0 Å². The first-order chi connectivity index (χ1) is 9.24. The highest BCUT2D eigenvalue weighted by Crippen LogP contribution is 2.16. The second-order valence-electron chi connectivity index (χ2n) is 5.29. The standard InChI is InChI=1S/C15H20N4/c1-11-3-5-13(6-4-11)7-8-14-17-18-15-12(2)16-9-10-19(14)15/h3-6,12,16H,7-10H2,1-2H3. The molecule has 2 heterocycles. The number of nitrogens with one attached hydrogen (secondary N) is 1. The van der Waals surface area contributed by atoms with Gasteiger partial charge < -0.3 is 9.88 Å². The molecule has 2 aromatic rings. The predicted molar refractivity (Wildman–Crippen MR) is 75.0 cm³/mol. The normalized spacial score (nSPS) is 18.3. The molecule has 1 aromatic heterocycles. The van der Waals surface area contributed by atoms with E-state index < -0.39 is 0 Å². The molecule has 1 atom stereocenters. The van der Waals surface area contributed by atoms with Crippen LogP contribution < -0.4 is 5.32 Å². The lowest BCUT2D eigenvalue weighted by Crippen LogP contribution is -2.32. The maximum atomic E-state index is 4.35. The Bertz CT molecular complexity index is 556. The van der Waals surface area contributed by atoms with Crippen LogP contribution in [0, 0.1) is 6.92 Å². The summed E-state index contributed by atoms with van der Waals surface area (Å²) in [6.07, 6.45) is 1.99. The molecule has 0 bridgehead atoms. The second-order valence-corrected chi connectivity index (χ2v) is 5.29. The largest absolute Gasteiger partial charge is 0.312 e. The third kappa shape index (κ3) is 2.54. The van der Waals surface area contributed by atoms with Crippen molar-refractivity contribution in [3.63, 3.8) is 0 Å². The number of fused-ring (bicyclic) bond motifs is 1. The number of nitrogens with zero attached hydrogens (tertiary/aromatic N) is 3. The lowest BCUT2D eigenvalue weighted by atomic mass is 10.1. The van der Waals surface area contributed by atoms with E-state index >= 15 is 0 Å². The zero-order valence-corrected chi connectivity index (χ0v) is 11.6. The smallest absolute Gasteiger partial charge is 0.149 e. The van der Waals surface area contributed by atoms with Crippen LogP contribution in [0.1, 0.15) is 35.7 Å². The summed E-state index contributed by atoms with van der Waals surface area (Å²) in [5, 5.41) is 12.1. The molecule has 1 aliphatic heterocycles. The van der Waals surface area contributed by atoms with E-state index in [4.69, 9.17) is 0 Å². The SMILES string of the molecule is Cc1ccc(CCc2nnc3n2CCNC3C)cc1. The number of hydrogen-bond acceptors (Lipinski definition) is 3. The van der Waals surface area contributed by atoms with Gasteiger partial charge in [0.05, 0.1) is 6.04 Å². The fraction of sp³-hybridized carbons (Fsp3) is 0.467. The van der Waals surface area contributed by atoms with Gasteiger partial charge in [0, 0.05) is 19.5 Å². The van der Waals surface area contributed by atoms with Crippen molar-refractivity contribution in [2.75, 3.05) is 6.54 Å². The molecule has 0 radical (unpaired) electrons. The molecule has 0 aliphatic carbocycles. The summed E-state index contributed by atoms with van der Waals surface area (Å²) >= 11 is 0. The Morgan fingerprint density at radius 3 is 2.79 bits per heavy atom. The van der Waals surface area contributed by atoms with Gasteiger partial charge in [0.1, 0.15) is 11.6 Å². The summed E-state index contributed by atoms with van der Waals surface area (Å²) in [4.78, 5) is 0. The Hall–Kier alpha value is -1.68. The molecular weight excluding hydrogens is 236 g/mol. The van der Waals surface area contributed by atoms with E-state index in [2.05, 4.69) is 58.2 Å². The van der Waals surface area contributed by atoms with E-state index in [-0.39, 0.29) is 0 Å². The van der Waals surface area contributed by atoms with Crippen molar-refractivity contribution < 1.29 is 0 Å². The van der Waals surface area contributed by atoms with Gasteiger partial charge in [-0.15, -0.1) is 10.2 Å². The number of aromatic nitrogens is 3. The van der Waals surface area contributed by atoms with Gasteiger partial charge in [-0.3, -0.25) is 0 Å². The fourth-order valence-electron chi connectivity index (χ4n) is 2.59. The average molecular weight is 256 g/mol. The summed E-state index contributed by atoms with van der Waals surface area (Å²) in [5.41, 5.74) is 2.67. The fourth-order valence-corrected chi connectivity index (χ4v) is 2.59. The summed E-state index contributed by atoms with van der Waals surface area (Å²) < 4.78 is 2.27. The molecule has 1 aliphatic rings. The van der Waals surface area contributed by atoms with Gasteiger partial charge in [0.15, 0.2) is 0 Å². The van der Waals surface area contributed by atoms with E-state index in [1.165, 1.54) is 11.1 Å². The molecule has 1 unspecified atom stereocenters. The molecule has 4 nitrogen and oxygen atoms in total. The van der Waals surface area contributed by atoms with Crippen LogP contribution in [0.15, 0.2) is 24.3 Å². The van der Waals surface area contributed by atoms with E-state index in [0.29, 0.717) is 6.04 Å². The second kappa shape index (κ2) is 5.13. The minimum Gasteiger partial charge on any atom is -0.312 e. The first-order valence-electron chi connectivity index (χ1n) is 6.95. The highest BCUT2D eigenvalue weighted by atomic mass is 15.3. The van der Waals surface area contributed by atoms with Crippen LogP contribution in [0.25, 0.3) is 0 Å². The van der Waals surface area contributed by atoms with Gasteiger partial charge in [0.2, 0.25) is 0 Å². The van der Waals surface area contributed by atoms with E-state index in [1.807, 2.05) is 0 Å².